The molecule has 0 aliphatic rings. The zero-order valence-electron chi connectivity index (χ0n) is 11.0. The smallest absolute Gasteiger partial charge is 0.335 e. The van der Waals surface area contributed by atoms with E-state index in [1.54, 1.807) is 12.1 Å². The van der Waals surface area contributed by atoms with E-state index in [0.29, 0.717) is 10.0 Å². The van der Waals surface area contributed by atoms with Gasteiger partial charge in [-0.25, -0.2) is 9.18 Å². The van der Waals surface area contributed by atoms with Gasteiger partial charge in [-0.05, 0) is 53.2 Å². The predicted octanol–water partition coefficient (Wildman–Crippen LogP) is 3.85. The maximum Gasteiger partial charge on any atom is 0.335 e. The third kappa shape index (κ3) is 3.46. The van der Waals surface area contributed by atoms with Crippen LogP contribution in [0.15, 0.2) is 40.9 Å². The lowest BCUT2D eigenvalue weighted by atomic mass is 10.1. The number of nitrogens with one attached hydrogen (secondary N) is 1. The summed E-state index contributed by atoms with van der Waals surface area (Å²) in [5.74, 6) is -2.51. The van der Waals surface area contributed by atoms with Crippen LogP contribution < -0.4 is 5.32 Å². The molecular weight excluding hydrogens is 341 g/mol. The van der Waals surface area contributed by atoms with Gasteiger partial charge in [0.1, 0.15) is 5.82 Å². The van der Waals surface area contributed by atoms with Crippen LogP contribution in [-0.2, 0) is 0 Å². The lowest BCUT2D eigenvalue weighted by molar-refractivity contribution is 0.0696. The van der Waals surface area contributed by atoms with Crippen molar-refractivity contribution in [1.29, 1.82) is 0 Å². The minimum atomic E-state index is -1.23. The Morgan fingerprint density at radius 2 is 1.90 bits per heavy atom. The van der Waals surface area contributed by atoms with E-state index < -0.39 is 17.7 Å². The van der Waals surface area contributed by atoms with Gasteiger partial charge >= 0.3 is 5.97 Å². The van der Waals surface area contributed by atoms with Crippen LogP contribution in [0, 0.1) is 12.7 Å². The standard InChI is InChI=1S/C15H11BrFNO3/c1-8-2-4-11(16)10(6-8)14(19)18-13-5-3-9(15(20)21)7-12(13)17/h2-7H,1H3,(H,18,19)(H,20,21). The van der Waals surface area contributed by atoms with Crippen molar-refractivity contribution in [1.82, 2.24) is 0 Å². The molecule has 0 unspecified atom stereocenters. The Hall–Kier alpha value is -2.21. The largest absolute Gasteiger partial charge is 0.478 e. The minimum absolute atomic E-state index is 0.0709. The van der Waals surface area contributed by atoms with Crippen LogP contribution in [0.3, 0.4) is 0 Å². The summed E-state index contributed by atoms with van der Waals surface area (Å²) in [6.07, 6.45) is 0. The molecule has 0 bridgehead atoms. The fraction of sp³-hybridized carbons (Fsp3) is 0.0667. The summed E-state index contributed by atoms with van der Waals surface area (Å²) in [4.78, 5) is 22.9. The molecule has 0 atom stereocenters. The Morgan fingerprint density at radius 3 is 2.52 bits per heavy atom. The number of halogens is 2. The molecule has 2 N–H and O–H groups in total. The molecule has 21 heavy (non-hydrogen) atoms. The molecule has 6 heteroatoms. The summed E-state index contributed by atoms with van der Waals surface area (Å²) in [7, 11) is 0. The maximum atomic E-state index is 13.8. The summed E-state index contributed by atoms with van der Waals surface area (Å²) >= 11 is 3.26. The fourth-order valence-electron chi connectivity index (χ4n) is 1.75. The summed E-state index contributed by atoms with van der Waals surface area (Å²) in [6.45, 7) is 1.84. The molecule has 0 aliphatic carbocycles. The molecule has 0 spiro atoms. The number of carboxylic acid groups (broad SMARTS) is 1. The van der Waals surface area contributed by atoms with Gasteiger partial charge in [-0.15, -0.1) is 0 Å². The van der Waals surface area contributed by atoms with Crippen molar-refractivity contribution < 1.29 is 19.1 Å². The van der Waals surface area contributed by atoms with Crippen LogP contribution >= 0.6 is 15.9 Å². The second-order valence-electron chi connectivity index (χ2n) is 4.44. The van der Waals surface area contributed by atoms with E-state index in [1.807, 2.05) is 13.0 Å². The molecule has 0 fully saturated rings. The third-order valence-corrected chi connectivity index (χ3v) is 3.52. The molecule has 0 heterocycles. The lowest BCUT2D eigenvalue weighted by Gasteiger charge is -2.09. The monoisotopic (exact) mass is 351 g/mol. The van der Waals surface area contributed by atoms with E-state index in [-0.39, 0.29) is 11.3 Å². The molecule has 0 radical (unpaired) electrons. The average Bonchev–Trinajstić information content (AvgIpc) is 2.43. The second-order valence-corrected chi connectivity index (χ2v) is 5.29. The van der Waals surface area contributed by atoms with Crippen molar-refractivity contribution >= 4 is 33.5 Å². The van der Waals surface area contributed by atoms with Gasteiger partial charge in [-0.2, -0.15) is 0 Å². The highest BCUT2D eigenvalue weighted by Gasteiger charge is 2.14. The first-order chi connectivity index (χ1) is 9.88. The number of carbonyl (C=O) groups excluding carboxylic acids is 1. The molecule has 2 aromatic rings. The highest BCUT2D eigenvalue weighted by molar-refractivity contribution is 9.10. The first-order valence-electron chi connectivity index (χ1n) is 5.99. The molecule has 108 valence electrons. The summed E-state index contributed by atoms with van der Waals surface area (Å²) < 4.78 is 14.4. The number of carbonyl (C=O) groups is 2. The number of hydrogen-bond donors (Lipinski definition) is 2. The number of aryl methyl sites for hydroxylation is 1. The highest BCUT2D eigenvalue weighted by atomic mass is 79.9. The van der Waals surface area contributed by atoms with Crippen LogP contribution in [0.5, 0.6) is 0 Å². The van der Waals surface area contributed by atoms with Gasteiger partial charge in [0.25, 0.3) is 5.91 Å². The van der Waals surface area contributed by atoms with E-state index in [1.165, 1.54) is 12.1 Å². The number of anilines is 1. The quantitative estimate of drug-likeness (QED) is 0.882. The zero-order valence-corrected chi connectivity index (χ0v) is 12.6. The van der Waals surface area contributed by atoms with Gasteiger partial charge in [0.15, 0.2) is 0 Å². The van der Waals surface area contributed by atoms with E-state index in [9.17, 15) is 14.0 Å². The summed E-state index contributed by atoms with van der Waals surface area (Å²) in [5.41, 5.74) is 1.02. The third-order valence-electron chi connectivity index (χ3n) is 2.83. The maximum absolute atomic E-state index is 13.8. The van der Waals surface area contributed by atoms with E-state index >= 15 is 0 Å². The van der Waals surface area contributed by atoms with E-state index in [0.717, 1.165) is 11.6 Å². The molecule has 0 saturated heterocycles. The van der Waals surface area contributed by atoms with Crippen LogP contribution in [0.2, 0.25) is 0 Å². The molecule has 2 rings (SSSR count). The average molecular weight is 352 g/mol. The van der Waals surface area contributed by atoms with Gasteiger partial charge < -0.3 is 10.4 Å². The molecule has 0 saturated carbocycles. The fourth-order valence-corrected chi connectivity index (χ4v) is 2.18. The number of amides is 1. The normalized spacial score (nSPS) is 10.2. The number of benzene rings is 2. The van der Waals surface area contributed by atoms with Gasteiger partial charge in [0.05, 0.1) is 16.8 Å². The lowest BCUT2D eigenvalue weighted by Crippen LogP contribution is -2.14. The Morgan fingerprint density at radius 1 is 1.19 bits per heavy atom. The van der Waals surface area contributed by atoms with Gasteiger partial charge in [0.2, 0.25) is 0 Å². The van der Waals surface area contributed by atoms with Crippen molar-refractivity contribution in [2.24, 2.45) is 0 Å². The number of carboxylic acids is 1. The Kier molecular flexibility index (Phi) is 4.37. The topological polar surface area (TPSA) is 66.4 Å². The van der Waals surface area contributed by atoms with Crippen molar-refractivity contribution in [3.63, 3.8) is 0 Å². The first kappa shape index (κ1) is 15.2. The molecule has 1 amide bonds. The van der Waals surface area contributed by atoms with Crippen molar-refractivity contribution in [3.8, 4) is 0 Å². The van der Waals surface area contributed by atoms with Gasteiger partial charge in [0, 0.05) is 4.47 Å². The molecule has 0 aromatic heterocycles. The number of aromatic carboxylic acids is 1. The van der Waals surface area contributed by atoms with Crippen LogP contribution in [0.1, 0.15) is 26.3 Å². The van der Waals surface area contributed by atoms with Crippen LogP contribution in [-0.4, -0.2) is 17.0 Å². The SMILES string of the molecule is Cc1ccc(Br)c(C(=O)Nc2ccc(C(=O)O)cc2F)c1. The molecule has 2 aromatic carbocycles. The summed E-state index contributed by atoms with van der Waals surface area (Å²) in [6, 6.07) is 8.55. The van der Waals surface area contributed by atoms with Crippen molar-refractivity contribution in [2.75, 3.05) is 5.32 Å². The van der Waals surface area contributed by atoms with Gasteiger partial charge in [-0.3, -0.25) is 4.79 Å². The van der Waals surface area contributed by atoms with Crippen LogP contribution in [0.4, 0.5) is 10.1 Å². The summed E-state index contributed by atoms with van der Waals surface area (Å²) in [5, 5.41) is 11.2. The first-order valence-corrected chi connectivity index (χ1v) is 6.78. The Bertz CT molecular complexity index is 731. The van der Waals surface area contributed by atoms with Crippen molar-refractivity contribution in [3.05, 3.63) is 63.4 Å². The molecule has 0 aliphatic heterocycles. The number of rotatable bonds is 3. The van der Waals surface area contributed by atoms with E-state index in [2.05, 4.69) is 21.2 Å². The minimum Gasteiger partial charge on any atom is -0.478 e. The highest BCUT2D eigenvalue weighted by Crippen LogP contribution is 2.21. The Labute approximate surface area is 128 Å². The number of hydrogen-bond acceptors (Lipinski definition) is 2. The van der Waals surface area contributed by atoms with Gasteiger partial charge in [-0.1, -0.05) is 11.6 Å². The van der Waals surface area contributed by atoms with Crippen molar-refractivity contribution in [2.45, 2.75) is 6.92 Å². The van der Waals surface area contributed by atoms with Crippen LogP contribution in [0.25, 0.3) is 0 Å². The predicted molar refractivity (Wildman–Crippen MR) is 80.2 cm³/mol. The zero-order chi connectivity index (χ0) is 15.6. The molecule has 4 nitrogen and oxygen atoms in total. The van der Waals surface area contributed by atoms with E-state index in [4.69, 9.17) is 5.11 Å². The second kappa shape index (κ2) is 6.05. The Balaban J connectivity index is 2.27. The molecular formula is C15H11BrFNO3.